The molecular formula is C22H20N4O. The van der Waals surface area contributed by atoms with E-state index in [1.54, 1.807) is 13.2 Å². The Labute approximate surface area is 157 Å². The summed E-state index contributed by atoms with van der Waals surface area (Å²) in [6.45, 7) is 2.08. The average Bonchev–Trinajstić information content (AvgIpc) is 3.18. The van der Waals surface area contributed by atoms with Crippen LogP contribution in [0.4, 0.5) is 0 Å². The van der Waals surface area contributed by atoms with Crippen LogP contribution in [0.1, 0.15) is 11.1 Å². The summed E-state index contributed by atoms with van der Waals surface area (Å²) in [4.78, 5) is 16.6. The topological polar surface area (TPSA) is 59.8 Å². The summed E-state index contributed by atoms with van der Waals surface area (Å²) >= 11 is 0. The molecule has 0 aliphatic rings. The number of amides is 1. The molecule has 4 aromatic rings. The molecule has 27 heavy (non-hydrogen) atoms. The van der Waals surface area contributed by atoms with E-state index < -0.39 is 0 Å². The molecule has 0 saturated carbocycles. The highest BCUT2D eigenvalue weighted by Crippen LogP contribution is 2.26. The lowest BCUT2D eigenvalue weighted by molar-refractivity contribution is -0.119. The Morgan fingerprint density at radius 3 is 2.67 bits per heavy atom. The van der Waals surface area contributed by atoms with Gasteiger partial charge in [-0.05, 0) is 48.4 Å². The fourth-order valence-electron chi connectivity index (χ4n) is 3.24. The Morgan fingerprint density at radius 2 is 1.89 bits per heavy atom. The van der Waals surface area contributed by atoms with Gasteiger partial charge in [0.15, 0.2) is 0 Å². The zero-order chi connectivity index (χ0) is 18.8. The van der Waals surface area contributed by atoms with Crippen molar-refractivity contribution in [2.24, 2.45) is 0 Å². The number of carbonyl (C=O) groups is 1. The highest BCUT2D eigenvalue weighted by atomic mass is 16.1. The number of hydrogen-bond donors (Lipinski definition) is 1. The van der Waals surface area contributed by atoms with E-state index in [0.29, 0.717) is 6.42 Å². The molecule has 0 bridgehead atoms. The lowest BCUT2D eigenvalue weighted by Crippen LogP contribution is -2.19. The van der Waals surface area contributed by atoms with Crippen molar-refractivity contribution in [1.29, 1.82) is 0 Å². The number of carbonyl (C=O) groups excluding carboxylic acids is 1. The predicted molar refractivity (Wildman–Crippen MR) is 107 cm³/mol. The second kappa shape index (κ2) is 7.03. The van der Waals surface area contributed by atoms with Gasteiger partial charge in [-0.3, -0.25) is 4.79 Å². The molecule has 0 aliphatic heterocycles. The number of nitrogens with one attached hydrogen (secondary N) is 1. The summed E-state index contributed by atoms with van der Waals surface area (Å²) in [6, 6.07) is 20.1. The first-order valence-corrected chi connectivity index (χ1v) is 8.86. The van der Waals surface area contributed by atoms with Crippen molar-refractivity contribution in [3.63, 3.8) is 0 Å². The van der Waals surface area contributed by atoms with Crippen LogP contribution in [0.15, 0.2) is 66.9 Å². The van der Waals surface area contributed by atoms with E-state index in [2.05, 4.69) is 23.4 Å². The molecule has 0 atom stereocenters. The zero-order valence-electron chi connectivity index (χ0n) is 15.3. The van der Waals surface area contributed by atoms with Gasteiger partial charge in [-0.2, -0.15) is 5.10 Å². The number of nitrogens with zero attached hydrogens (tertiary/aromatic N) is 3. The molecule has 5 heteroatoms. The number of hydrogen-bond acceptors (Lipinski definition) is 3. The first-order chi connectivity index (χ1) is 13.2. The lowest BCUT2D eigenvalue weighted by Gasteiger charge is -2.10. The molecule has 0 radical (unpaired) electrons. The first kappa shape index (κ1) is 17.0. The van der Waals surface area contributed by atoms with E-state index in [9.17, 15) is 4.79 Å². The molecule has 0 aliphatic carbocycles. The van der Waals surface area contributed by atoms with E-state index >= 15 is 0 Å². The SMILES string of the molecule is CNC(=O)Cc1ccc2c(C)cc(-c3ccnn3-c3ccccc3)nc2c1. The summed E-state index contributed by atoms with van der Waals surface area (Å²) < 4.78 is 1.89. The number of likely N-dealkylation sites (N-methyl/N-ethyl adjacent to an activating group) is 1. The molecule has 0 saturated heterocycles. The van der Waals surface area contributed by atoms with Gasteiger partial charge < -0.3 is 5.32 Å². The minimum Gasteiger partial charge on any atom is -0.359 e. The fraction of sp³-hybridized carbons (Fsp3) is 0.136. The van der Waals surface area contributed by atoms with E-state index in [0.717, 1.165) is 39.1 Å². The van der Waals surface area contributed by atoms with Gasteiger partial charge in [0.05, 0.1) is 35.2 Å². The number of fused-ring (bicyclic) bond motifs is 1. The Morgan fingerprint density at radius 1 is 1.07 bits per heavy atom. The molecule has 1 N–H and O–H groups in total. The smallest absolute Gasteiger partial charge is 0.224 e. The molecule has 0 fully saturated rings. The van der Waals surface area contributed by atoms with Gasteiger partial charge in [-0.15, -0.1) is 0 Å². The monoisotopic (exact) mass is 356 g/mol. The molecule has 5 nitrogen and oxygen atoms in total. The molecule has 4 rings (SSSR count). The van der Waals surface area contributed by atoms with Gasteiger partial charge in [0.25, 0.3) is 0 Å². The van der Waals surface area contributed by atoms with Crippen LogP contribution in [0, 0.1) is 6.92 Å². The van der Waals surface area contributed by atoms with Crippen molar-refractivity contribution in [1.82, 2.24) is 20.1 Å². The summed E-state index contributed by atoms with van der Waals surface area (Å²) in [7, 11) is 1.65. The minimum absolute atomic E-state index is 0.00983. The van der Waals surface area contributed by atoms with Crippen LogP contribution in [-0.2, 0) is 11.2 Å². The van der Waals surface area contributed by atoms with Crippen LogP contribution in [0.2, 0.25) is 0 Å². The van der Waals surface area contributed by atoms with Crippen LogP contribution in [0.3, 0.4) is 0 Å². The predicted octanol–water partition coefficient (Wildman–Crippen LogP) is 3.68. The molecule has 2 heterocycles. The Bertz CT molecular complexity index is 1120. The Hall–Kier alpha value is -3.47. The molecule has 134 valence electrons. The zero-order valence-corrected chi connectivity index (χ0v) is 15.3. The van der Waals surface area contributed by atoms with Crippen LogP contribution in [0.25, 0.3) is 28.0 Å². The quantitative estimate of drug-likeness (QED) is 0.607. The van der Waals surface area contributed by atoms with Crippen molar-refractivity contribution in [3.05, 3.63) is 78.0 Å². The second-order valence-electron chi connectivity index (χ2n) is 6.49. The van der Waals surface area contributed by atoms with Gasteiger partial charge in [0.1, 0.15) is 0 Å². The highest BCUT2D eigenvalue weighted by Gasteiger charge is 2.12. The number of aromatic nitrogens is 3. The van der Waals surface area contributed by atoms with E-state index in [4.69, 9.17) is 4.98 Å². The number of para-hydroxylation sites is 1. The normalized spacial score (nSPS) is 10.9. The van der Waals surface area contributed by atoms with Crippen LogP contribution < -0.4 is 5.32 Å². The van der Waals surface area contributed by atoms with Gasteiger partial charge in [-0.1, -0.05) is 30.3 Å². The van der Waals surface area contributed by atoms with Crippen molar-refractivity contribution < 1.29 is 4.79 Å². The van der Waals surface area contributed by atoms with Gasteiger partial charge in [-0.25, -0.2) is 9.67 Å². The van der Waals surface area contributed by atoms with Gasteiger partial charge in [0, 0.05) is 12.4 Å². The van der Waals surface area contributed by atoms with Crippen molar-refractivity contribution in [2.75, 3.05) is 7.05 Å². The Balaban J connectivity index is 1.82. The number of pyridine rings is 1. The molecule has 0 unspecified atom stereocenters. The third-order valence-corrected chi connectivity index (χ3v) is 4.63. The molecule has 2 aromatic heterocycles. The summed E-state index contributed by atoms with van der Waals surface area (Å²) in [5.74, 6) is -0.00983. The third-order valence-electron chi connectivity index (χ3n) is 4.63. The van der Waals surface area contributed by atoms with Crippen LogP contribution >= 0.6 is 0 Å². The molecular weight excluding hydrogens is 336 g/mol. The van der Waals surface area contributed by atoms with Crippen molar-refractivity contribution >= 4 is 16.8 Å². The highest BCUT2D eigenvalue weighted by molar-refractivity contribution is 5.87. The largest absolute Gasteiger partial charge is 0.359 e. The number of rotatable bonds is 4. The molecule has 1 amide bonds. The van der Waals surface area contributed by atoms with Gasteiger partial charge in [0.2, 0.25) is 5.91 Å². The fourth-order valence-corrected chi connectivity index (χ4v) is 3.24. The Kier molecular flexibility index (Phi) is 4.42. The summed E-state index contributed by atoms with van der Waals surface area (Å²) in [5, 5.41) is 8.21. The maximum atomic E-state index is 11.7. The maximum absolute atomic E-state index is 11.7. The van der Waals surface area contributed by atoms with Crippen LogP contribution in [0.5, 0.6) is 0 Å². The van der Waals surface area contributed by atoms with Crippen molar-refractivity contribution in [3.8, 4) is 17.1 Å². The lowest BCUT2D eigenvalue weighted by atomic mass is 10.0. The standard InChI is InChI=1S/C22H20N4O/c1-15-12-20(21-10-11-24-26(21)17-6-4-3-5-7-17)25-19-13-16(8-9-18(15)19)14-22(27)23-2/h3-13H,14H2,1-2H3,(H,23,27). The second-order valence-corrected chi connectivity index (χ2v) is 6.49. The maximum Gasteiger partial charge on any atom is 0.224 e. The summed E-state index contributed by atoms with van der Waals surface area (Å²) in [6.07, 6.45) is 2.13. The minimum atomic E-state index is -0.00983. The van der Waals surface area contributed by atoms with Gasteiger partial charge >= 0.3 is 0 Å². The van der Waals surface area contributed by atoms with Crippen LogP contribution in [-0.4, -0.2) is 27.7 Å². The number of benzene rings is 2. The third kappa shape index (κ3) is 3.31. The average molecular weight is 356 g/mol. The van der Waals surface area contributed by atoms with Crippen molar-refractivity contribution in [2.45, 2.75) is 13.3 Å². The first-order valence-electron chi connectivity index (χ1n) is 8.86. The van der Waals surface area contributed by atoms with E-state index in [1.807, 2.05) is 59.3 Å². The number of aryl methyl sites for hydroxylation is 1. The summed E-state index contributed by atoms with van der Waals surface area (Å²) in [5.41, 5.74) is 5.75. The molecule has 0 spiro atoms. The van der Waals surface area contributed by atoms with E-state index in [1.165, 1.54) is 0 Å². The van der Waals surface area contributed by atoms with E-state index in [-0.39, 0.29) is 5.91 Å². The molecule has 2 aromatic carbocycles.